The summed E-state index contributed by atoms with van der Waals surface area (Å²) in [5, 5.41) is 3.61. The Balaban J connectivity index is 1.74. The lowest BCUT2D eigenvalue weighted by molar-refractivity contribution is -0.137. The van der Waals surface area contributed by atoms with Crippen molar-refractivity contribution in [2.45, 2.75) is 19.5 Å². The molecule has 0 aliphatic heterocycles. The average molecular weight is 426 g/mol. The fraction of sp³-hybridized carbons (Fsp3) is 0.136. The zero-order valence-electron chi connectivity index (χ0n) is 16.3. The number of pyridine rings is 2. The van der Waals surface area contributed by atoms with Gasteiger partial charge in [0.05, 0.1) is 10.9 Å². The van der Waals surface area contributed by atoms with Crippen molar-refractivity contribution in [3.63, 3.8) is 0 Å². The van der Waals surface area contributed by atoms with Gasteiger partial charge in [0, 0.05) is 30.1 Å². The smallest absolute Gasteiger partial charge is 0.416 e. The SMILES string of the molecule is CCC(=O)c1cc(-c2nccc3c(Nc4ccc(C(F)(F)F)cc4)c(N)oc23)ccn1. The Kier molecular flexibility index (Phi) is 5.10. The van der Waals surface area contributed by atoms with Crippen LogP contribution in [0, 0.1) is 0 Å². The Morgan fingerprint density at radius 3 is 2.48 bits per heavy atom. The molecule has 0 amide bonds. The molecule has 3 aromatic heterocycles. The summed E-state index contributed by atoms with van der Waals surface area (Å²) in [7, 11) is 0. The summed E-state index contributed by atoms with van der Waals surface area (Å²) in [6, 6.07) is 9.62. The number of anilines is 3. The van der Waals surface area contributed by atoms with E-state index in [1.165, 1.54) is 18.3 Å². The van der Waals surface area contributed by atoms with Crippen molar-refractivity contribution in [1.29, 1.82) is 0 Å². The lowest BCUT2D eigenvalue weighted by Crippen LogP contribution is -2.04. The van der Waals surface area contributed by atoms with Crippen LogP contribution in [-0.4, -0.2) is 15.8 Å². The van der Waals surface area contributed by atoms with Gasteiger partial charge in [0.25, 0.3) is 0 Å². The molecule has 6 nitrogen and oxygen atoms in total. The summed E-state index contributed by atoms with van der Waals surface area (Å²) < 4.78 is 44.1. The number of benzene rings is 1. The zero-order chi connectivity index (χ0) is 22.2. The highest BCUT2D eigenvalue weighted by Crippen LogP contribution is 2.39. The first-order chi connectivity index (χ1) is 14.8. The number of alkyl halides is 3. The summed E-state index contributed by atoms with van der Waals surface area (Å²) in [5.74, 6) is -0.0410. The number of fused-ring (bicyclic) bond motifs is 1. The Hall–Kier alpha value is -3.88. The predicted octanol–water partition coefficient (Wildman–Crippen LogP) is 5.83. The molecule has 158 valence electrons. The van der Waals surface area contributed by atoms with Gasteiger partial charge in [-0.3, -0.25) is 14.8 Å². The zero-order valence-corrected chi connectivity index (χ0v) is 16.3. The van der Waals surface area contributed by atoms with Gasteiger partial charge in [-0.15, -0.1) is 0 Å². The lowest BCUT2D eigenvalue weighted by atomic mass is 10.1. The molecule has 0 saturated heterocycles. The van der Waals surface area contributed by atoms with E-state index in [-0.39, 0.29) is 11.7 Å². The van der Waals surface area contributed by atoms with Crippen LogP contribution in [0.2, 0.25) is 0 Å². The van der Waals surface area contributed by atoms with Crippen LogP contribution in [0.1, 0.15) is 29.4 Å². The molecule has 0 aliphatic carbocycles. The van der Waals surface area contributed by atoms with Gasteiger partial charge in [0.1, 0.15) is 17.1 Å². The van der Waals surface area contributed by atoms with E-state index in [1.807, 2.05) is 0 Å². The summed E-state index contributed by atoms with van der Waals surface area (Å²) in [4.78, 5) is 20.5. The third-order valence-corrected chi connectivity index (χ3v) is 4.75. The Labute approximate surface area is 174 Å². The Morgan fingerprint density at radius 2 is 1.81 bits per heavy atom. The van der Waals surface area contributed by atoms with E-state index in [4.69, 9.17) is 10.2 Å². The van der Waals surface area contributed by atoms with Crippen LogP contribution in [0.4, 0.5) is 30.4 Å². The summed E-state index contributed by atoms with van der Waals surface area (Å²) >= 11 is 0. The molecule has 0 unspecified atom stereocenters. The number of hydrogen-bond acceptors (Lipinski definition) is 6. The quantitative estimate of drug-likeness (QED) is 0.390. The van der Waals surface area contributed by atoms with Crippen LogP contribution in [-0.2, 0) is 6.18 Å². The number of nitrogens with one attached hydrogen (secondary N) is 1. The highest BCUT2D eigenvalue weighted by Gasteiger charge is 2.30. The topological polar surface area (TPSA) is 94.0 Å². The first-order valence-corrected chi connectivity index (χ1v) is 9.39. The van der Waals surface area contributed by atoms with E-state index >= 15 is 0 Å². The molecule has 1 aromatic carbocycles. The van der Waals surface area contributed by atoms with Gasteiger partial charge in [0.15, 0.2) is 11.4 Å². The summed E-state index contributed by atoms with van der Waals surface area (Å²) in [5.41, 5.74) is 7.94. The molecular weight excluding hydrogens is 409 g/mol. The number of carbonyl (C=O) groups is 1. The molecule has 0 bridgehead atoms. The van der Waals surface area contributed by atoms with Crippen molar-refractivity contribution < 1.29 is 22.4 Å². The largest absolute Gasteiger partial charge is 0.436 e. The van der Waals surface area contributed by atoms with Crippen molar-refractivity contribution in [3.05, 3.63) is 66.1 Å². The first-order valence-electron chi connectivity index (χ1n) is 9.39. The van der Waals surface area contributed by atoms with Crippen LogP contribution < -0.4 is 11.1 Å². The Bertz CT molecular complexity index is 1260. The van der Waals surface area contributed by atoms with Crippen molar-refractivity contribution in [2.24, 2.45) is 0 Å². The van der Waals surface area contributed by atoms with E-state index in [1.54, 1.807) is 31.3 Å². The number of nitrogen functional groups attached to an aromatic ring is 1. The molecule has 4 aromatic rings. The monoisotopic (exact) mass is 426 g/mol. The van der Waals surface area contributed by atoms with Gasteiger partial charge in [0.2, 0.25) is 5.88 Å². The molecule has 0 fully saturated rings. The van der Waals surface area contributed by atoms with E-state index in [9.17, 15) is 18.0 Å². The molecule has 3 heterocycles. The molecule has 0 spiro atoms. The second kappa shape index (κ2) is 7.75. The maximum absolute atomic E-state index is 12.8. The molecule has 0 aliphatic rings. The highest BCUT2D eigenvalue weighted by molar-refractivity contribution is 6.04. The molecule has 0 radical (unpaired) electrons. The van der Waals surface area contributed by atoms with Gasteiger partial charge in [-0.2, -0.15) is 13.2 Å². The van der Waals surface area contributed by atoms with Crippen LogP contribution in [0.3, 0.4) is 0 Å². The van der Waals surface area contributed by atoms with Crippen LogP contribution in [0.15, 0.2) is 59.3 Å². The highest BCUT2D eigenvalue weighted by atomic mass is 19.4. The predicted molar refractivity (Wildman–Crippen MR) is 111 cm³/mol. The minimum Gasteiger partial charge on any atom is -0.436 e. The maximum atomic E-state index is 12.8. The fourth-order valence-corrected chi connectivity index (χ4v) is 3.18. The number of Topliss-reactive ketones (excluding diaryl/α,β-unsaturated/α-hetero) is 1. The van der Waals surface area contributed by atoms with Crippen molar-refractivity contribution in [2.75, 3.05) is 11.1 Å². The third kappa shape index (κ3) is 3.94. The molecule has 31 heavy (non-hydrogen) atoms. The average Bonchev–Trinajstić information content (AvgIpc) is 3.08. The van der Waals surface area contributed by atoms with Crippen LogP contribution >= 0.6 is 0 Å². The number of nitrogens with two attached hydrogens (primary N) is 1. The molecule has 0 atom stereocenters. The van der Waals surface area contributed by atoms with Crippen molar-refractivity contribution in [1.82, 2.24) is 9.97 Å². The second-order valence-corrected chi connectivity index (χ2v) is 6.78. The number of nitrogens with zero attached hydrogens (tertiary/aromatic N) is 2. The fourth-order valence-electron chi connectivity index (χ4n) is 3.18. The van der Waals surface area contributed by atoms with Gasteiger partial charge in [-0.1, -0.05) is 6.92 Å². The van der Waals surface area contributed by atoms with E-state index in [0.717, 1.165) is 12.1 Å². The molecule has 0 saturated carbocycles. The van der Waals surface area contributed by atoms with Gasteiger partial charge in [-0.05, 0) is 42.5 Å². The number of ketones is 1. The summed E-state index contributed by atoms with van der Waals surface area (Å²) in [6.07, 6.45) is -1.01. The molecule has 4 rings (SSSR count). The van der Waals surface area contributed by atoms with Gasteiger partial charge >= 0.3 is 6.18 Å². The number of rotatable bonds is 5. The lowest BCUT2D eigenvalue weighted by Gasteiger charge is -2.09. The summed E-state index contributed by atoms with van der Waals surface area (Å²) in [6.45, 7) is 1.75. The van der Waals surface area contributed by atoms with Crippen molar-refractivity contribution >= 4 is 34.0 Å². The van der Waals surface area contributed by atoms with Crippen LogP contribution in [0.5, 0.6) is 0 Å². The maximum Gasteiger partial charge on any atom is 0.416 e. The van der Waals surface area contributed by atoms with Gasteiger partial charge < -0.3 is 15.5 Å². The minimum atomic E-state index is -4.41. The number of hydrogen-bond donors (Lipinski definition) is 2. The van der Waals surface area contributed by atoms with Crippen LogP contribution in [0.25, 0.3) is 22.2 Å². The number of halogens is 3. The molecule has 3 N–H and O–H groups in total. The number of carbonyl (C=O) groups excluding carboxylic acids is 1. The van der Waals surface area contributed by atoms with E-state index < -0.39 is 11.7 Å². The first kappa shape index (κ1) is 20.4. The molecular formula is C22H17F3N4O2. The van der Waals surface area contributed by atoms with E-state index in [0.29, 0.717) is 45.7 Å². The number of aromatic nitrogens is 2. The second-order valence-electron chi connectivity index (χ2n) is 6.78. The number of furan rings is 1. The van der Waals surface area contributed by atoms with E-state index in [2.05, 4.69) is 15.3 Å². The van der Waals surface area contributed by atoms with Crippen molar-refractivity contribution in [3.8, 4) is 11.3 Å². The third-order valence-electron chi connectivity index (χ3n) is 4.75. The molecule has 9 heteroatoms. The minimum absolute atomic E-state index is 0.0584. The standard InChI is InChI=1S/C22H17F3N4O2/c1-2-17(30)16-11-12(7-9-27-16)18-20-15(8-10-28-18)19(21(26)31-20)29-14-5-3-13(4-6-14)22(23,24)25/h3-11,29H,2,26H2,1H3. The van der Waals surface area contributed by atoms with Gasteiger partial charge in [-0.25, -0.2) is 0 Å². The normalized spacial score (nSPS) is 11.6. The Morgan fingerprint density at radius 1 is 1.10 bits per heavy atom.